The van der Waals surface area contributed by atoms with Crippen molar-refractivity contribution in [3.8, 4) is 0 Å². The van der Waals surface area contributed by atoms with E-state index in [-0.39, 0.29) is 6.04 Å². The van der Waals surface area contributed by atoms with E-state index in [1.807, 2.05) is 36.6 Å². The summed E-state index contributed by atoms with van der Waals surface area (Å²) in [4.78, 5) is 4.29. The van der Waals surface area contributed by atoms with Crippen LogP contribution in [-0.4, -0.2) is 19.6 Å². The minimum absolute atomic E-state index is 0.0238. The van der Waals surface area contributed by atoms with Crippen LogP contribution in [0.5, 0.6) is 0 Å². The molecule has 3 heterocycles. The van der Waals surface area contributed by atoms with Crippen LogP contribution < -0.4 is 5.32 Å². The van der Waals surface area contributed by atoms with Gasteiger partial charge in [-0.2, -0.15) is 0 Å². The topological polar surface area (TPSA) is 68.2 Å². The molecule has 1 unspecified atom stereocenters. The van der Waals surface area contributed by atoms with Gasteiger partial charge in [0.05, 0.1) is 12.3 Å². The maximum atomic E-state index is 5.35. The first-order chi connectivity index (χ1) is 8.75. The molecule has 0 aliphatic carbocycles. The standard InChI is InChI=1S/C12H13N5O/c1-8(10-4-3-7-18-10)14-11-12-16-15-9(2)17(12)6-5-13-11/h3-8H,1-2H3,(H,13,14). The van der Waals surface area contributed by atoms with Crippen LogP contribution in [0.2, 0.25) is 0 Å². The van der Waals surface area contributed by atoms with Gasteiger partial charge in [-0.15, -0.1) is 10.2 Å². The second-order valence-electron chi connectivity index (χ2n) is 4.10. The van der Waals surface area contributed by atoms with E-state index in [1.165, 1.54) is 0 Å². The molecule has 3 aromatic rings. The first kappa shape index (κ1) is 10.8. The van der Waals surface area contributed by atoms with Crippen LogP contribution in [-0.2, 0) is 0 Å². The van der Waals surface area contributed by atoms with Crippen molar-refractivity contribution < 1.29 is 4.42 Å². The molecule has 0 saturated carbocycles. The van der Waals surface area contributed by atoms with E-state index in [0.717, 1.165) is 11.6 Å². The van der Waals surface area contributed by atoms with Gasteiger partial charge in [0.1, 0.15) is 11.6 Å². The fourth-order valence-corrected chi connectivity index (χ4v) is 1.86. The van der Waals surface area contributed by atoms with Crippen molar-refractivity contribution in [3.63, 3.8) is 0 Å². The molecule has 0 spiro atoms. The first-order valence-electron chi connectivity index (χ1n) is 5.72. The summed E-state index contributed by atoms with van der Waals surface area (Å²) in [7, 11) is 0. The Hall–Kier alpha value is -2.37. The highest BCUT2D eigenvalue weighted by atomic mass is 16.3. The van der Waals surface area contributed by atoms with Crippen LogP contribution in [0.1, 0.15) is 24.6 Å². The number of nitrogens with one attached hydrogen (secondary N) is 1. The van der Waals surface area contributed by atoms with Crippen LogP contribution >= 0.6 is 0 Å². The van der Waals surface area contributed by atoms with E-state index in [0.29, 0.717) is 11.5 Å². The van der Waals surface area contributed by atoms with Gasteiger partial charge in [-0.1, -0.05) is 0 Å². The minimum atomic E-state index is 0.0238. The first-order valence-corrected chi connectivity index (χ1v) is 5.72. The van der Waals surface area contributed by atoms with E-state index >= 15 is 0 Å². The molecule has 1 N–H and O–H groups in total. The molecule has 0 aliphatic rings. The number of aryl methyl sites for hydroxylation is 1. The third kappa shape index (κ3) is 1.71. The molecule has 0 amide bonds. The summed E-state index contributed by atoms with van der Waals surface area (Å²) in [5, 5.41) is 11.4. The lowest BCUT2D eigenvalue weighted by atomic mass is 10.2. The zero-order valence-electron chi connectivity index (χ0n) is 10.2. The highest BCUT2D eigenvalue weighted by Crippen LogP contribution is 2.20. The molecule has 0 fully saturated rings. The average molecular weight is 243 g/mol. The zero-order valence-corrected chi connectivity index (χ0v) is 10.2. The number of furan rings is 1. The smallest absolute Gasteiger partial charge is 0.203 e. The summed E-state index contributed by atoms with van der Waals surface area (Å²) in [5.74, 6) is 2.39. The van der Waals surface area contributed by atoms with E-state index in [2.05, 4.69) is 20.5 Å². The monoisotopic (exact) mass is 243 g/mol. The molecule has 18 heavy (non-hydrogen) atoms. The Kier molecular flexibility index (Phi) is 2.47. The average Bonchev–Trinajstić information content (AvgIpc) is 3.00. The number of rotatable bonds is 3. The predicted molar refractivity (Wildman–Crippen MR) is 66.3 cm³/mol. The quantitative estimate of drug-likeness (QED) is 0.763. The summed E-state index contributed by atoms with van der Waals surface area (Å²) in [5.41, 5.74) is 0.716. The molecule has 3 aromatic heterocycles. The van der Waals surface area contributed by atoms with Gasteiger partial charge >= 0.3 is 0 Å². The molecule has 6 heteroatoms. The Bertz CT molecular complexity index is 658. The molecular formula is C12H13N5O. The number of hydrogen-bond acceptors (Lipinski definition) is 5. The van der Waals surface area contributed by atoms with Crippen molar-refractivity contribution in [1.29, 1.82) is 0 Å². The molecular weight excluding hydrogens is 230 g/mol. The van der Waals surface area contributed by atoms with Gasteiger partial charge in [0.2, 0.25) is 5.65 Å². The summed E-state index contributed by atoms with van der Waals surface area (Å²) in [6.45, 7) is 3.91. The van der Waals surface area contributed by atoms with Gasteiger partial charge in [-0.3, -0.25) is 4.40 Å². The summed E-state index contributed by atoms with van der Waals surface area (Å²) >= 11 is 0. The Morgan fingerprint density at radius 3 is 3.06 bits per heavy atom. The van der Waals surface area contributed by atoms with E-state index in [9.17, 15) is 0 Å². The molecule has 1 atom stereocenters. The summed E-state index contributed by atoms with van der Waals surface area (Å²) in [6, 6.07) is 3.81. The second kappa shape index (κ2) is 4.14. The van der Waals surface area contributed by atoms with Gasteiger partial charge in [0.15, 0.2) is 5.82 Å². The van der Waals surface area contributed by atoms with E-state index in [1.54, 1.807) is 12.5 Å². The minimum Gasteiger partial charge on any atom is -0.467 e. The molecule has 0 bridgehead atoms. The summed E-state index contributed by atoms with van der Waals surface area (Å²) in [6.07, 6.45) is 5.22. The maximum Gasteiger partial charge on any atom is 0.203 e. The Morgan fingerprint density at radius 1 is 1.39 bits per heavy atom. The fraction of sp³-hybridized carbons (Fsp3) is 0.250. The molecule has 0 radical (unpaired) electrons. The molecule has 0 aliphatic heterocycles. The number of fused-ring (bicyclic) bond motifs is 1. The molecule has 0 saturated heterocycles. The van der Waals surface area contributed by atoms with E-state index in [4.69, 9.17) is 4.42 Å². The van der Waals surface area contributed by atoms with Crippen LogP contribution in [0.25, 0.3) is 5.65 Å². The van der Waals surface area contributed by atoms with Crippen molar-refractivity contribution in [1.82, 2.24) is 19.6 Å². The maximum absolute atomic E-state index is 5.35. The van der Waals surface area contributed by atoms with Crippen molar-refractivity contribution in [2.75, 3.05) is 5.32 Å². The molecule has 6 nitrogen and oxygen atoms in total. The predicted octanol–water partition coefficient (Wildman–Crippen LogP) is 2.20. The van der Waals surface area contributed by atoms with Gasteiger partial charge in [-0.05, 0) is 26.0 Å². The normalized spacial score (nSPS) is 12.8. The SMILES string of the molecule is Cc1nnc2c(NC(C)c3ccco3)nccn12. The summed E-state index contributed by atoms with van der Waals surface area (Å²) < 4.78 is 7.24. The van der Waals surface area contributed by atoms with Crippen LogP contribution in [0.15, 0.2) is 35.2 Å². The third-order valence-corrected chi connectivity index (χ3v) is 2.82. The van der Waals surface area contributed by atoms with Gasteiger partial charge < -0.3 is 9.73 Å². The largest absolute Gasteiger partial charge is 0.467 e. The lowest BCUT2D eigenvalue weighted by Crippen LogP contribution is -2.08. The molecule has 3 rings (SSSR count). The highest BCUT2D eigenvalue weighted by Gasteiger charge is 2.13. The van der Waals surface area contributed by atoms with Crippen LogP contribution in [0, 0.1) is 6.92 Å². The Morgan fingerprint density at radius 2 is 2.28 bits per heavy atom. The molecule has 0 aromatic carbocycles. The number of nitrogens with zero attached hydrogens (tertiary/aromatic N) is 4. The Balaban J connectivity index is 1.95. The lowest BCUT2D eigenvalue weighted by molar-refractivity contribution is 0.490. The van der Waals surface area contributed by atoms with Crippen molar-refractivity contribution >= 4 is 11.5 Å². The van der Waals surface area contributed by atoms with Crippen molar-refractivity contribution in [2.24, 2.45) is 0 Å². The highest BCUT2D eigenvalue weighted by molar-refractivity contribution is 5.62. The van der Waals surface area contributed by atoms with Gasteiger partial charge in [0, 0.05) is 12.4 Å². The fourth-order valence-electron chi connectivity index (χ4n) is 1.86. The van der Waals surface area contributed by atoms with Gasteiger partial charge in [0.25, 0.3) is 0 Å². The lowest BCUT2D eigenvalue weighted by Gasteiger charge is -2.12. The van der Waals surface area contributed by atoms with Gasteiger partial charge in [-0.25, -0.2) is 4.98 Å². The third-order valence-electron chi connectivity index (χ3n) is 2.82. The zero-order chi connectivity index (χ0) is 12.5. The van der Waals surface area contributed by atoms with Crippen LogP contribution in [0.4, 0.5) is 5.82 Å². The van der Waals surface area contributed by atoms with E-state index < -0.39 is 0 Å². The Labute approximate surface area is 104 Å². The van der Waals surface area contributed by atoms with Crippen LogP contribution in [0.3, 0.4) is 0 Å². The number of aromatic nitrogens is 4. The molecule has 92 valence electrons. The van der Waals surface area contributed by atoms with Crippen molar-refractivity contribution in [3.05, 3.63) is 42.4 Å². The number of hydrogen-bond donors (Lipinski definition) is 1. The number of anilines is 1. The van der Waals surface area contributed by atoms with Crippen molar-refractivity contribution in [2.45, 2.75) is 19.9 Å². The second-order valence-corrected chi connectivity index (χ2v) is 4.10.